The van der Waals surface area contributed by atoms with Crippen LogP contribution in [0.5, 0.6) is 0 Å². The van der Waals surface area contributed by atoms with Gasteiger partial charge in [0.25, 0.3) is 0 Å². The van der Waals surface area contributed by atoms with Crippen LogP contribution in [0, 0.1) is 19.8 Å². The van der Waals surface area contributed by atoms with Crippen LogP contribution < -0.4 is 4.90 Å². The minimum absolute atomic E-state index is 0.0225. The van der Waals surface area contributed by atoms with Crippen LogP contribution in [-0.2, 0) is 5.41 Å². The van der Waals surface area contributed by atoms with Crippen LogP contribution >= 0.6 is 0 Å². The number of hydrogen-bond acceptors (Lipinski definition) is 1. The van der Waals surface area contributed by atoms with E-state index >= 15 is 0 Å². The maximum atomic E-state index is 4.25. The first-order valence-electron chi connectivity index (χ1n) is 17.5. The van der Waals surface area contributed by atoms with Crippen LogP contribution in [0.2, 0.25) is 0 Å². The molecule has 0 saturated carbocycles. The van der Waals surface area contributed by atoms with Gasteiger partial charge in [-0.2, -0.15) is 0 Å². The smallest absolute Gasteiger partial charge is 0.0591 e. The van der Waals surface area contributed by atoms with Gasteiger partial charge in [0.2, 0.25) is 0 Å². The molecule has 0 fully saturated rings. The third-order valence-electron chi connectivity index (χ3n) is 10.8. The van der Waals surface area contributed by atoms with E-state index in [0.717, 1.165) is 12.8 Å². The predicted molar refractivity (Wildman–Crippen MR) is 207 cm³/mol. The highest BCUT2D eigenvalue weighted by atomic mass is 15.2. The highest BCUT2D eigenvalue weighted by Crippen LogP contribution is 2.50. The van der Waals surface area contributed by atoms with E-state index in [1.807, 2.05) is 0 Å². The van der Waals surface area contributed by atoms with E-state index in [1.165, 1.54) is 78.2 Å². The third-order valence-corrected chi connectivity index (χ3v) is 10.8. The fourth-order valence-corrected chi connectivity index (χ4v) is 8.10. The summed E-state index contributed by atoms with van der Waals surface area (Å²) in [7, 11) is 0. The molecule has 0 bridgehead atoms. The summed E-state index contributed by atoms with van der Waals surface area (Å²) in [6, 6.07) is 41.1. The van der Waals surface area contributed by atoms with Gasteiger partial charge in [0.1, 0.15) is 0 Å². The van der Waals surface area contributed by atoms with Gasteiger partial charge >= 0.3 is 0 Å². The Morgan fingerprint density at radius 2 is 1.35 bits per heavy atom. The zero-order valence-electron chi connectivity index (χ0n) is 29.3. The molecular weight excluding hydrogens is 579 g/mol. The summed E-state index contributed by atoms with van der Waals surface area (Å²) in [6.45, 7) is 18.0. The first kappa shape index (κ1) is 31.7. The molecule has 240 valence electrons. The quantitative estimate of drug-likeness (QED) is 0.155. The summed E-state index contributed by atoms with van der Waals surface area (Å²) in [4.78, 5) is 2.58. The van der Waals surface area contributed by atoms with Crippen molar-refractivity contribution < 1.29 is 0 Å². The van der Waals surface area contributed by atoms with Gasteiger partial charge in [-0.3, -0.25) is 0 Å². The zero-order valence-corrected chi connectivity index (χ0v) is 29.3. The van der Waals surface area contributed by atoms with Crippen molar-refractivity contribution in [2.24, 2.45) is 5.92 Å². The van der Waals surface area contributed by atoms with Gasteiger partial charge in [0, 0.05) is 16.8 Å². The summed E-state index contributed by atoms with van der Waals surface area (Å²) < 4.78 is 0. The van der Waals surface area contributed by atoms with Gasteiger partial charge < -0.3 is 4.90 Å². The number of hydrogen-bond donors (Lipinski definition) is 0. The summed E-state index contributed by atoms with van der Waals surface area (Å²) >= 11 is 0. The molecule has 0 aromatic heterocycles. The highest BCUT2D eigenvalue weighted by Gasteiger charge is 2.36. The minimum atomic E-state index is -0.0225. The molecule has 0 heterocycles. The average Bonchev–Trinajstić information content (AvgIpc) is 3.32. The lowest BCUT2D eigenvalue weighted by Crippen LogP contribution is -2.34. The molecule has 7 rings (SSSR count). The average molecular weight is 626 g/mol. The lowest BCUT2D eigenvalue weighted by atomic mass is 9.82. The van der Waals surface area contributed by atoms with Crippen molar-refractivity contribution in [2.75, 3.05) is 4.90 Å². The lowest BCUT2D eigenvalue weighted by molar-refractivity contribution is 0.622. The lowest BCUT2D eigenvalue weighted by Gasteiger charge is -2.38. The van der Waals surface area contributed by atoms with E-state index in [0.29, 0.717) is 5.92 Å². The number of aryl methyl sites for hydroxylation is 2. The Morgan fingerprint density at radius 1 is 0.708 bits per heavy atom. The van der Waals surface area contributed by atoms with Crippen LogP contribution in [0.25, 0.3) is 33.4 Å². The van der Waals surface area contributed by atoms with Crippen LogP contribution in [0.15, 0.2) is 145 Å². The molecule has 5 aromatic carbocycles. The van der Waals surface area contributed by atoms with E-state index in [1.54, 1.807) is 0 Å². The number of rotatable bonds is 8. The van der Waals surface area contributed by atoms with Gasteiger partial charge in [-0.15, -0.1) is 6.58 Å². The Balaban J connectivity index is 1.35. The topological polar surface area (TPSA) is 3.24 Å². The minimum Gasteiger partial charge on any atom is -0.334 e. The van der Waals surface area contributed by atoms with Gasteiger partial charge in [-0.1, -0.05) is 123 Å². The van der Waals surface area contributed by atoms with Crippen molar-refractivity contribution in [1.82, 2.24) is 0 Å². The summed E-state index contributed by atoms with van der Waals surface area (Å²) in [5.74, 6) is 0.511. The van der Waals surface area contributed by atoms with Gasteiger partial charge in [0.05, 0.1) is 6.04 Å². The molecule has 1 heteroatoms. The molecule has 0 spiro atoms. The van der Waals surface area contributed by atoms with Gasteiger partial charge in [0.15, 0.2) is 0 Å². The van der Waals surface area contributed by atoms with E-state index in [4.69, 9.17) is 0 Å². The maximum Gasteiger partial charge on any atom is 0.0591 e. The molecule has 0 aliphatic heterocycles. The van der Waals surface area contributed by atoms with Crippen LogP contribution in [0.1, 0.15) is 62.8 Å². The molecular formula is C47H47N. The van der Waals surface area contributed by atoms with E-state index in [2.05, 4.69) is 180 Å². The second-order valence-corrected chi connectivity index (χ2v) is 14.5. The van der Waals surface area contributed by atoms with Gasteiger partial charge in [-0.05, 0) is 131 Å². The predicted octanol–water partition coefficient (Wildman–Crippen LogP) is 12.9. The summed E-state index contributed by atoms with van der Waals surface area (Å²) in [5.41, 5.74) is 18.4. The first-order valence-corrected chi connectivity index (χ1v) is 17.5. The molecule has 5 aromatic rings. The van der Waals surface area contributed by atoms with Crippen molar-refractivity contribution in [3.8, 4) is 33.4 Å². The molecule has 2 unspecified atom stereocenters. The molecule has 48 heavy (non-hydrogen) atoms. The molecule has 0 N–H and O–H groups in total. The van der Waals surface area contributed by atoms with Crippen molar-refractivity contribution in [3.05, 3.63) is 167 Å². The molecule has 1 nitrogen and oxygen atoms in total. The number of anilines is 2. The second kappa shape index (κ2) is 12.6. The SMILES string of the molecule is C=CCC(C1=C(C)C=CC(C)C1)N(c1ccc(-c2ccc(C)c(-c3ccccc3C)c2)cc1)c1ccc2c(c1)-c1ccccc1C2(C)C. The zero-order chi connectivity index (χ0) is 33.6. The number of fused-ring (bicyclic) bond motifs is 3. The van der Waals surface area contributed by atoms with Crippen molar-refractivity contribution in [1.29, 1.82) is 0 Å². The van der Waals surface area contributed by atoms with Crippen molar-refractivity contribution in [2.45, 2.75) is 65.8 Å². The van der Waals surface area contributed by atoms with Gasteiger partial charge in [-0.25, -0.2) is 0 Å². The van der Waals surface area contributed by atoms with E-state index in [-0.39, 0.29) is 11.5 Å². The Morgan fingerprint density at radius 3 is 2.10 bits per heavy atom. The number of allylic oxidation sites excluding steroid dienone is 3. The fourth-order valence-electron chi connectivity index (χ4n) is 8.10. The summed E-state index contributed by atoms with van der Waals surface area (Å²) in [5, 5.41) is 0. The standard InChI is InChI=1S/C47H47N/c1-8-13-46(42-28-31(2)18-19-34(42)5)48(38-26-27-45-43(30-38)40-16-11-12-17-44(40)47(45,6)7)37-24-22-35(23-25-37)36-21-20-33(4)41(29-36)39-15-10-9-14-32(39)3/h8-12,14-27,29-31,46H,1,13,28H2,2-7H3. The summed E-state index contributed by atoms with van der Waals surface area (Å²) in [6.07, 6.45) is 8.70. The van der Waals surface area contributed by atoms with Crippen LogP contribution in [0.3, 0.4) is 0 Å². The Labute approximate surface area is 288 Å². The van der Waals surface area contributed by atoms with Crippen LogP contribution in [-0.4, -0.2) is 6.04 Å². The fraction of sp³-hybridized carbons (Fsp3) is 0.234. The maximum absolute atomic E-state index is 4.25. The highest BCUT2D eigenvalue weighted by molar-refractivity contribution is 5.85. The number of benzene rings is 5. The van der Waals surface area contributed by atoms with Crippen molar-refractivity contribution in [3.63, 3.8) is 0 Å². The molecule has 2 atom stereocenters. The van der Waals surface area contributed by atoms with E-state index < -0.39 is 0 Å². The third kappa shape index (κ3) is 5.56. The monoisotopic (exact) mass is 625 g/mol. The number of nitrogens with zero attached hydrogens (tertiary/aromatic N) is 1. The molecule has 0 saturated heterocycles. The van der Waals surface area contributed by atoms with Crippen LogP contribution in [0.4, 0.5) is 11.4 Å². The molecule has 0 radical (unpaired) electrons. The largest absolute Gasteiger partial charge is 0.334 e. The molecule has 2 aliphatic carbocycles. The Hall–Kier alpha value is -4.88. The van der Waals surface area contributed by atoms with E-state index in [9.17, 15) is 0 Å². The second-order valence-electron chi connectivity index (χ2n) is 14.5. The van der Waals surface area contributed by atoms with Crippen molar-refractivity contribution >= 4 is 11.4 Å². The first-order chi connectivity index (χ1) is 23.2. The molecule has 0 amide bonds. The Kier molecular flexibility index (Phi) is 8.34. The Bertz CT molecular complexity index is 2070. The normalized spacial score (nSPS) is 16.8. The molecule has 2 aliphatic rings.